The van der Waals surface area contributed by atoms with E-state index in [-0.39, 0.29) is 75.3 Å². The number of halogens is 1. The lowest BCUT2D eigenvalue weighted by Gasteiger charge is -2.48. The van der Waals surface area contributed by atoms with Crippen molar-refractivity contribution in [3.63, 3.8) is 0 Å². The minimum absolute atomic E-state index is 0.0184. The maximum absolute atomic E-state index is 14.6. The van der Waals surface area contributed by atoms with E-state index in [0.29, 0.717) is 11.4 Å². The van der Waals surface area contributed by atoms with Crippen LogP contribution in [-0.2, 0) is 43.2 Å². The summed E-state index contributed by atoms with van der Waals surface area (Å²) in [6, 6.07) is 5.11. The van der Waals surface area contributed by atoms with Gasteiger partial charge in [-0.05, 0) is 118 Å². The topological polar surface area (TPSA) is 270 Å². The molecule has 3 fully saturated rings. The predicted molar refractivity (Wildman–Crippen MR) is 267 cm³/mol. The lowest BCUT2D eigenvalue weighted by Crippen LogP contribution is -2.60. The Hall–Kier alpha value is -2.79. The molecule has 22 heteroatoms. The molecule has 0 aliphatic carbocycles. The van der Waals surface area contributed by atoms with Crippen LogP contribution in [0.4, 0.5) is 4.79 Å². The lowest BCUT2D eigenvalue weighted by atomic mass is 9.77. The first-order valence-corrected chi connectivity index (χ1v) is 27.0. The number of likely N-dealkylation sites (N-methyl/N-ethyl adjacent to an activating group) is 1. The minimum Gasteiger partial charge on any atom is -0.459 e. The Labute approximate surface area is 432 Å². The van der Waals surface area contributed by atoms with Crippen LogP contribution >= 0.6 is 11.6 Å². The third kappa shape index (κ3) is 15.2. The first-order valence-electron chi connectivity index (χ1n) is 25.2. The van der Waals surface area contributed by atoms with E-state index in [9.17, 15) is 48.8 Å². The molecule has 0 spiro atoms. The Morgan fingerprint density at radius 1 is 0.986 bits per heavy atom. The second-order valence-corrected chi connectivity index (χ2v) is 23.5. The van der Waals surface area contributed by atoms with Gasteiger partial charge in [0.15, 0.2) is 12.6 Å². The summed E-state index contributed by atoms with van der Waals surface area (Å²) >= 11 is 5.95. The average Bonchev–Trinajstić information content (AvgIpc) is 3.30. The molecule has 0 bridgehead atoms. The van der Waals surface area contributed by atoms with Gasteiger partial charge in [0.2, 0.25) is 0 Å². The van der Waals surface area contributed by atoms with Gasteiger partial charge in [0.25, 0.3) is 10.0 Å². The van der Waals surface area contributed by atoms with Crippen LogP contribution in [0, 0.1) is 29.1 Å². The van der Waals surface area contributed by atoms with Gasteiger partial charge < -0.3 is 63.8 Å². The van der Waals surface area contributed by atoms with Gasteiger partial charge >= 0.3 is 12.0 Å². The third-order valence-electron chi connectivity index (χ3n) is 15.0. The molecule has 3 saturated heterocycles. The molecule has 412 valence electrons. The highest BCUT2D eigenvalue weighted by Crippen LogP contribution is 2.40. The first kappa shape index (κ1) is 61.8. The molecule has 2 amide bonds. The summed E-state index contributed by atoms with van der Waals surface area (Å²) in [5.74, 6) is -3.22. The van der Waals surface area contributed by atoms with Gasteiger partial charge in [0.1, 0.15) is 30.0 Å². The molecular formula is C50H84ClN5O15S. The summed E-state index contributed by atoms with van der Waals surface area (Å²) in [6.45, 7) is 17.2. The molecule has 3 heterocycles. The number of carbonyl (C=O) groups excluding carboxylic acids is 2. The number of aliphatic hydroxyl groups excluding tert-OH is 3. The van der Waals surface area contributed by atoms with Crippen molar-refractivity contribution >= 4 is 33.6 Å². The number of methoxy groups -OCH3 is 1. The van der Waals surface area contributed by atoms with Gasteiger partial charge in [-0.2, -0.15) is 5.26 Å². The van der Waals surface area contributed by atoms with Gasteiger partial charge in [-0.1, -0.05) is 32.4 Å². The molecule has 72 heavy (non-hydrogen) atoms. The molecule has 3 aliphatic heterocycles. The van der Waals surface area contributed by atoms with Gasteiger partial charge in [-0.3, -0.25) is 9.69 Å². The normalized spacial score (nSPS) is 39.0. The number of aliphatic hydroxyl groups is 5. The maximum atomic E-state index is 14.6. The molecule has 18 atom stereocenters. The van der Waals surface area contributed by atoms with E-state index in [1.165, 1.54) is 43.2 Å². The number of urea groups is 1. The van der Waals surface area contributed by atoms with Gasteiger partial charge in [0, 0.05) is 62.7 Å². The summed E-state index contributed by atoms with van der Waals surface area (Å²) in [4.78, 5) is 33.0. The largest absolute Gasteiger partial charge is 0.459 e. The Bertz CT molecular complexity index is 2070. The number of carbonyl (C=O) groups is 2. The molecule has 6 N–H and O–H groups in total. The summed E-state index contributed by atoms with van der Waals surface area (Å²) in [7, 11) is 0.850. The molecule has 1 aromatic carbocycles. The molecule has 4 rings (SSSR count). The first-order chi connectivity index (χ1) is 33.4. The number of nitriles is 1. The highest BCUT2D eigenvalue weighted by molar-refractivity contribution is 7.90. The highest BCUT2D eigenvalue weighted by Gasteiger charge is 2.53. The predicted octanol–water partition coefficient (Wildman–Crippen LogP) is 3.63. The fraction of sp³-hybridized carbons (Fsp3) is 0.820. The number of nitrogens with zero attached hydrogens (tertiary/aromatic N) is 4. The molecule has 0 saturated carbocycles. The quantitative estimate of drug-likeness (QED) is 0.137. The van der Waals surface area contributed by atoms with Crippen LogP contribution in [0.15, 0.2) is 29.2 Å². The number of esters is 1. The Kier molecular flexibility index (Phi) is 22.2. The van der Waals surface area contributed by atoms with Crippen LogP contribution < -0.4 is 4.72 Å². The molecule has 1 unspecified atom stereocenters. The molecular weight excluding hydrogens is 978 g/mol. The van der Waals surface area contributed by atoms with E-state index in [1.807, 2.05) is 43.8 Å². The summed E-state index contributed by atoms with van der Waals surface area (Å²) in [5, 5.41) is 69.9. The molecule has 20 nitrogen and oxygen atoms in total. The second-order valence-electron chi connectivity index (χ2n) is 21.3. The lowest BCUT2D eigenvalue weighted by molar-refractivity contribution is -0.318. The van der Waals surface area contributed by atoms with Crippen molar-refractivity contribution in [2.24, 2.45) is 17.8 Å². The van der Waals surface area contributed by atoms with Crippen molar-refractivity contribution in [1.29, 1.82) is 5.26 Å². The zero-order valence-electron chi connectivity index (χ0n) is 44.4. The van der Waals surface area contributed by atoms with Crippen LogP contribution in [0.5, 0.6) is 0 Å². The van der Waals surface area contributed by atoms with Gasteiger partial charge in [-0.15, -0.1) is 0 Å². The van der Waals surface area contributed by atoms with Crippen LogP contribution in [0.3, 0.4) is 0 Å². The number of amides is 2. The standard InChI is InChI=1S/C50H84ClN5O15S/c1-14-38-50(10,63)42(58)33(6)56(24-16-23-55(22-15-21-52)47(61)53-72(64,65)36-19-17-35(51)18-20-36)28-29(2)26-48(8,62)44(71-46-40(57)37(54(11)12)25-30(3)67-46)31(4)41(32(5)45(60)69-38)70-39-27-49(9,66-13)43(59)34(7)68-39/h17-20,29-34,37-44,46,57-59,62-63H,14-16,22-28H2,1-13H3,(H,53,61)/t29-,30+,31-,32+,33-,34-,37+,38-,39?,40+,41+,42-,43-,44-,46-,48-,49+,50-/m1/s1. The van der Waals surface area contributed by atoms with E-state index < -0.39 is 118 Å². The van der Waals surface area contributed by atoms with Crippen LogP contribution in [0.25, 0.3) is 0 Å². The molecule has 0 radical (unpaired) electrons. The number of hydrogen-bond donors (Lipinski definition) is 6. The van der Waals surface area contributed by atoms with Crippen LogP contribution in [0.1, 0.15) is 108 Å². The average molecular weight is 1060 g/mol. The summed E-state index contributed by atoms with van der Waals surface area (Å²) < 4.78 is 66.4. The number of rotatable bonds is 15. The fourth-order valence-corrected chi connectivity index (χ4v) is 11.8. The maximum Gasteiger partial charge on any atom is 0.331 e. The number of hydrogen-bond acceptors (Lipinski definition) is 18. The van der Waals surface area contributed by atoms with Crippen molar-refractivity contribution < 1.29 is 72.0 Å². The van der Waals surface area contributed by atoms with Crippen molar-refractivity contribution in [3.8, 4) is 6.07 Å². The number of cyclic esters (lactones) is 1. The minimum atomic E-state index is -4.31. The Morgan fingerprint density at radius 3 is 2.21 bits per heavy atom. The summed E-state index contributed by atoms with van der Waals surface area (Å²) in [5.41, 5.74) is -4.90. The number of sulfonamides is 1. The third-order valence-corrected chi connectivity index (χ3v) is 16.6. The number of benzene rings is 1. The van der Waals surface area contributed by atoms with Gasteiger partial charge in [-0.25, -0.2) is 17.9 Å². The highest BCUT2D eigenvalue weighted by atomic mass is 35.5. The summed E-state index contributed by atoms with van der Waals surface area (Å²) in [6.07, 6.45) is -9.87. The van der Waals surface area contributed by atoms with E-state index >= 15 is 0 Å². The number of nitrogens with one attached hydrogen (secondary N) is 1. The zero-order valence-corrected chi connectivity index (χ0v) is 46.0. The molecule has 1 aromatic rings. The van der Waals surface area contributed by atoms with Crippen molar-refractivity contribution in [2.45, 2.75) is 203 Å². The second kappa shape index (κ2) is 25.8. The van der Waals surface area contributed by atoms with Gasteiger partial charge in [0.05, 0.1) is 58.9 Å². The number of ether oxygens (including phenoxy) is 6. The van der Waals surface area contributed by atoms with E-state index in [0.717, 1.165) is 0 Å². The molecule has 0 aromatic heterocycles. The van der Waals surface area contributed by atoms with E-state index in [2.05, 4.69) is 4.72 Å². The smallest absolute Gasteiger partial charge is 0.331 e. The van der Waals surface area contributed by atoms with Crippen LogP contribution in [0.2, 0.25) is 5.02 Å². The Balaban J connectivity index is 1.77. The Morgan fingerprint density at radius 2 is 1.62 bits per heavy atom. The zero-order chi connectivity index (χ0) is 54.3. The SMILES string of the molecule is CC[C@H]1OC(=O)[C@@H](C)[C@@H](OC2C[C@](C)(OC)[C@H](O)[C@@H](C)O2)[C@@H](C)[C@@H](O[C@H]2O[C@@H](C)C[C@H](N(C)C)[C@@H]2O)[C@](C)(O)C[C@@H](C)CN(CCCN(CCC#N)C(=O)NS(=O)(=O)c2ccc(Cl)cc2)[C@H](C)[C@@H](O)[C@]1(C)O. The monoisotopic (exact) mass is 1060 g/mol. The van der Waals surface area contributed by atoms with Crippen molar-refractivity contribution in [1.82, 2.24) is 19.4 Å². The van der Waals surface area contributed by atoms with Crippen LogP contribution in [-0.4, -0.2) is 198 Å². The van der Waals surface area contributed by atoms with Crippen molar-refractivity contribution in [3.05, 3.63) is 29.3 Å². The van der Waals surface area contributed by atoms with E-state index in [4.69, 9.17) is 40.0 Å². The van der Waals surface area contributed by atoms with Crippen molar-refractivity contribution in [2.75, 3.05) is 47.4 Å². The van der Waals surface area contributed by atoms with E-state index in [1.54, 1.807) is 48.5 Å². The molecule has 3 aliphatic rings. The fourth-order valence-electron chi connectivity index (χ4n) is 10.7.